The van der Waals surface area contributed by atoms with Crippen molar-refractivity contribution in [3.63, 3.8) is 0 Å². The minimum Gasteiger partial charge on any atom is -0.478 e. The first-order valence-electron chi connectivity index (χ1n) is 8.42. The van der Waals surface area contributed by atoms with Crippen molar-refractivity contribution in [3.05, 3.63) is 68.1 Å². The Labute approximate surface area is 174 Å². The molecule has 1 N–H and O–H groups in total. The Morgan fingerprint density at radius 3 is 2.31 bits per heavy atom. The van der Waals surface area contributed by atoms with Crippen LogP contribution in [0.5, 0.6) is 0 Å². The van der Waals surface area contributed by atoms with Gasteiger partial charge in [-0.25, -0.2) is 14.4 Å². The summed E-state index contributed by atoms with van der Waals surface area (Å²) in [5.41, 5.74) is 0.00879. The maximum Gasteiger partial charge on any atom is 0.377 e. The Morgan fingerprint density at radius 1 is 1.10 bits per heavy atom. The Bertz CT molecular complexity index is 1150. The van der Waals surface area contributed by atoms with E-state index < -0.39 is 17.7 Å². The van der Waals surface area contributed by atoms with Gasteiger partial charge in [-0.3, -0.25) is 4.90 Å². The first kappa shape index (κ1) is 20.6. The topological polar surface area (TPSA) is 110 Å². The van der Waals surface area contributed by atoms with E-state index in [-0.39, 0.29) is 27.8 Å². The molecule has 0 bridgehead atoms. The Hall–Kier alpha value is -3.17. The molecular weight excluding hydrogens is 421 g/mol. The Balaban J connectivity index is 2.08. The van der Waals surface area contributed by atoms with Crippen molar-refractivity contribution in [2.75, 3.05) is 11.4 Å². The maximum absolute atomic E-state index is 13.0. The highest BCUT2D eigenvalue weighted by molar-refractivity contribution is 6.37. The first-order valence-corrected chi connectivity index (χ1v) is 9.17. The molecule has 0 aliphatic heterocycles. The van der Waals surface area contributed by atoms with Crippen LogP contribution in [0.4, 0.5) is 10.5 Å². The molecule has 0 atom stereocenters. The summed E-state index contributed by atoms with van der Waals surface area (Å²) >= 11 is 12.2. The van der Waals surface area contributed by atoms with Crippen LogP contribution in [-0.4, -0.2) is 43.4 Å². The minimum absolute atomic E-state index is 0.0487. The highest BCUT2D eigenvalue weighted by atomic mass is 35.5. The standard InChI is InChI=1S/C18H15Cl2N5O4/c1-3-23(14-9-4-6-11(10(14)2)16(26)27)17(28)25-18(29)24(21-22-25)15-12(19)7-5-8-13(15)20/h4-9H,3H2,1-2H3,(H,26,27). The lowest BCUT2D eigenvalue weighted by Crippen LogP contribution is -2.41. The molecule has 1 aromatic heterocycles. The summed E-state index contributed by atoms with van der Waals surface area (Å²) in [5.74, 6) is -1.12. The van der Waals surface area contributed by atoms with Gasteiger partial charge in [0.1, 0.15) is 5.69 Å². The normalized spacial score (nSPS) is 10.8. The molecule has 29 heavy (non-hydrogen) atoms. The second-order valence-electron chi connectivity index (χ2n) is 5.94. The van der Waals surface area contributed by atoms with Crippen LogP contribution in [-0.2, 0) is 0 Å². The second-order valence-corrected chi connectivity index (χ2v) is 6.75. The van der Waals surface area contributed by atoms with Crippen LogP contribution in [0.3, 0.4) is 0 Å². The number of carboxylic acid groups (broad SMARTS) is 1. The van der Waals surface area contributed by atoms with E-state index >= 15 is 0 Å². The average Bonchev–Trinajstić information content (AvgIpc) is 3.04. The predicted octanol–water partition coefficient (Wildman–Crippen LogP) is 3.24. The number of aromatic carboxylic acids is 1. The fourth-order valence-corrected chi connectivity index (χ4v) is 3.43. The van der Waals surface area contributed by atoms with Gasteiger partial charge in [-0.1, -0.05) is 35.3 Å². The zero-order valence-electron chi connectivity index (χ0n) is 15.3. The number of carbonyl (C=O) groups is 2. The number of hydrogen-bond donors (Lipinski definition) is 1. The van der Waals surface area contributed by atoms with E-state index in [0.29, 0.717) is 15.9 Å². The number of amides is 1. The molecule has 11 heteroatoms. The zero-order valence-corrected chi connectivity index (χ0v) is 16.8. The number of carboxylic acids is 1. The molecule has 1 amide bonds. The van der Waals surface area contributed by atoms with E-state index in [4.69, 9.17) is 23.2 Å². The molecule has 0 aliphatic rings. The molecule has 9 nitrogen and oxygen atoms in total. The minimum atomic E-state index is -1.12. The number of tetrazole rings is 1. The van der Waals surface area contributed by atoms with Gasteiger partial charge in [0.2, 0.25) is 0 Å². The van der Waals surface area contributed by atoms with Gasteiger partial charge < -0.3 is 5.11 Å². The third kappa shape index (κ3) is 3.62. The molecule has 1 heterocycles. The van der Waals surface area contributed by atoms with E-state index in [2.05, 4.69) is 10.4 Å². The van der Waals surface area contributed by atoms with Crippen molar-refractivity contribution in [1.29, 1.82) is 0 Å². The Morgan fingerprint density at radius 2 is 1.72 bits per heavy atom. The number of hydrogen-bond acceptors (Lipinski definition) is 5. The van der Waals surface area contributed by atoms with Crippen molar-refractivity contribution in [3.8, 4) is 5.69 Å². The van der Waals surface area contributed by atoms with Crippen LogP contribution in [0.1, 0.15) is 22.8 Å². The summed E-state index contributed by atoms with van der Waals surface area (Å²) in [5, 5.41) is 17.0. The quantitative estimate of drug-likeness (QED) is 0.629. The van der Waals surface area contributed by atoms with Crippen LogP contribution in [0, 0.1) is 6.92 Å². The Kier molecular flexibility index (Phi) is 5.71. The van der Waals surface area contributed by atoms with Crippen LogP contribution >= 0.6 is 23.2 Å². The third-order valence-corrected chi connectivity index (χ3v) is 4.90. The average molecular weight is 436 g/mol. The fraction of sp³-hybridized carbons (Fsp3) is 0.167. The van der Waals surface area contributed by atoms with Crippen molar-refractivity contribution >= 4 is 40.9 Å². The molecule has 150 valence electrons. The summed E-state index contributed by atoms with van der Waals surface area (Å²) in [7, 11) is 0. The van der Waals surface area contributed by atoms with Gasteiger partial charge in [-0.15, -0.1) is 4.68 Å². The van der Waals surface area contributed by atoms with Gasteiger partial charge in [-0.2, -0.15) is 4.68 Å². The van der Waals surface area contributed by atoms with E-state index in [1.165, 1.54) is 29.2 Å². The SMILES string of the molecule is CCN(C(=O)n1nnn(-c2c(Cl)cccc2Cl)c1=O)c1cccc(C(=O)O)c1C. The maximum atomic E-state index is 13.0. The second kappa shape index (κ2) is 8.06. The van der Waals surface area contributed by atoms with E-state index in [0.717, 1.165) is 4.68 Å². The molecule has 0 spiro atoms. The molecule has 2 aromatic carbocycles. The lowest BCUT2D eigenvalue weighted by Gasteiger charge is -2.22. The number of nitrogens with zero attached hydrogens (tertiary/aromatic N) is 5. The lowest BCUT2D eigenvalue weighted by atomic mass is 10.1. The summed E-state index contributed by atoms with van der Waals surface area (Å²) in [6.07, 6.45) is 0. The highest BCUT2D eigenvalue weighted by Crippen LogP contribution is 2.27. The molecule has 0 saturated carbocycles. The number of para-hydroxylation sites is 1. The largest absolute Gasteiger partial charge is 0.478 e. The van der Waals surface area contributed by atoms with Gasteiger partial charge in [0, 0.05) is 12.2 Å². The summed E-state index contributed by atoms with van der Waals surface area (Å²) in [4.78, 5) is 38.4. The summed E-state index contributed by atoms with van der Waals surface area (Å²) in [6, 6.07) is 8.39. The molecular formula is C18H15Cl2N5O4. The van der Waals surface area contributed by atoms with Gasteiger partial charge in [0.15, 0.2) is 0 Å². The highest BCUT2D eigenvalue weighted by Gasteiger charge is 2.25. The molecule has 3 aromatic rings. The molecule has 0 aliphatic carbocycles. The number of aromatic nitrogens is 4. The van der Waals surface area contributed by atoms with E-state index in [1.807, 2.05) is 0 Å². The number of rotatable bonds is 4. The number of anilines is 1. The molecule has 0 saturated heterocycles. The third-order valence-electron chi connectivity index (χ3n) is 4.29. The van der Waals surface area contributed by atoms with Crippen molar-refractivity contribution in [2.45, 2.75) is 13.8 Å². The van der Waals surface area contributed by atoms with Gasteiger partial charge >= 0.3 is 17.7 Å². The van der Waals surface area contributed by atoms with Gasteiger partial charge in [0.25, 0.3) is 0 Å². The first-order chi connectivity index (χ1) is 13.8. The monoisotopic (exact) mass is 435 g/mol. The van der Waals surface area contributed by atoms with Crippen LogP contribution in [0.15, 0.2) is 41.2 Å². The van der Waals surface area contributed by atoms with Crippen molar-refractivity contribution in [2.24, 2.45) is 0 Å². The van der Waals surface area contributed by atoms with Crippen LogP contribution in [0.2, 0.25) is 10.0 Å². The van der Waals surface area contributed by atoms with Crippen LogP contribution in [0.25, 0.3) is 5.69 Å². The van der Waals surface area contributed by atoms with E-state index in [9.17, 15) is 19.5 Å². The smallest absolute Gasteiger partial charge is 0.377 e. The predicted molar refractivity (Wildman–Crippen MR) is 108 cm³/mol. The molecule has 0 unspecified atom stereocenters. The molecule has 0 radical (unpaired) electrons. The fourth-order valence-electron chi connectivity index (χ4n) is 2.87. The number of carbonyl (C=O) groups excluding carboxylic acids is 1. The number of halogens is 2. The molecule has 0 fully saturated rings. The van der Waals surface area contributed by atoms with Crippen LogP contribution < -0.4 is 10.6 Å². The molecule has 3 rings (SSSR count). The lowest BCUT2D eigenvalue weighted by molar-refractivity contribution is 0.0696. The van der Waals surface area contributed by atoms with E-state index in [1.54, 1.807) is 26.0 Å². The van der Waals surface area contributed by atoms with Crippen molar-refractivity contribution < 1.29 is 14.7 Å². The zero-order chi connectivity index (χ0) is 21.3. The summed E-state index contributed by atoms with van der Waals surface area (Å²) in [6.45, 7) is 3.43. The number of benzene rings is 2. The van der Waals surface area contributed by atoms with Crippen molar-refractivity contribution in [1.82, 2.24) is 19.8 Å². The van der Waals surface area contributed by atoms with Gasteiger partial charge in [0.05, 0.1) is 15.6 Å². The summed E-state index contributed by atoms with van der Waals surface area (Å²) < 4.78 is 1.40. The van der Waals surface area contributed by atoms with Gasteiger partial charge in [-0.05, 0) is 54.1 Å².